The summed E-state index contributed by atoms with van der Waals surface area (Å²) in [5, 5.41) is 10.0. The van der Waals surface area contributed by atoms with Crippen LogP contribution in [0.5, 0.6) is 0 Å². The summed E-state index contributed by atoms with van der Waals surface area (Å²) in [7, 11) is 1.77. The van der Waals surface area contributed by atoms with E-state index in [1.54, 1.807) is 36.2 Å². The highest BCUT2D eigenvalue weighted by atomic mass is 16.4. The standard InChI is InChI=1S/C15H16N2O4/c1-16-6-7-17(9-13(16)18)8-12-14(15(19)20)10-4-2-3-5-11(10)21-12/h2-5H,6-9H2,1H3,(H,19,20). The molecule has 1 saturated heterocycles. The second-order valence-corrected chi connectivity index (χ2v) is 5.23. The van der Waals surface area contributed by atoms with E-state index in [0.717, 1.165) is 0 Å². The van der Waals surface area contributed by atoms with E-state index in [1.807, 2.05) is 4.90 Å². The molecule has 0 unspecified atom stereocenters. The van der Waals surface area contributed by atoms with Crippen LogP contribution in [0, 0.1) is 0 Å². The zero-order valence-electron chi connectivity index (χ0n) is 11.7. The number of piperazine rings is 1. The summed E-state index contributed by atoms with van der Waals surface area (Å²) in [5.41, 5.74) is 0.752. The molecular formula is C15H16N2O4. The van der Waals surface area contributed by atoms with Crippen molar-refractivity contribution < 1.29 is 19.1 Å². The van der Waals surface area contributed by atoms with Crippen LogP contribution >= 0.6 is 0 Å². The number of hydrogen-bond donors (Lipinski definition) is 1. The highest BCUT2D eigenvalue weighted by molar-refractivity contribution is 6.03. The Hall–Kier alpha value is -2.34. The molecule has 0 bridgehead atoms. The molecule has 1 amide bonds. The summed E-state index contributed by atoms with van der Waals surface area (Å²) in [6.07, 6.45) is 0. The monoisotopic (exact) mass is 288 g/mol. The van der Waals surface area contributed by atoms with Crippen molar-refractivity contribution in [3.63, 3.8) is 0 Å². The zero-order valence-corrected chi connectivity index (χ0v) is 11.7. The lowest BCUT2D eigenvalue weighted by molar-refractivity contribution is -0.134. The normalized spacial score (nSPS) is 16.6. The second-order valence-electron chi connectivity index (χ2n) is 5.23. The number of aromatic carboxylic acids is 1. The summed E-state index contributed by atoms with van der Waals surface area (Å²) in [5.74, 6) is -0.564. The van der Waals surface area contributed by atoms with Crippen molar-refractivity contribution >= 4 is 22.8 Å². The van der Waals surface area contributed by atoms with Crippen molar-refractivity contribution in [2.75, 3.05) is 26.7 Å². The molecule has 6 heteroatoms. The molecule has 2 aromatic rings. The Balaban J connectivity index is 1.92. The molecule has 0 aliphatic carbocycles. The van der Waals surface area contributed by atoms with E-state index in [0.29, 0.717) is 36.4 Å². The highest BCUT2D eigenvalue weighted by Crippen LogP contribution is 2.27. The van der Waals surface area contributed by atoms with Crippen molar-refractivity contribution in [2.24, 2.45) is 0 Å². The minimum absolute atomic E-state index is 0.0363. The molecule has 1 aliphatic heterocycles. The first kappa shape index (κ1) is 13.6. The van der Waals surface area contributed by atoms with Gasteiger partial charge in [-0.05, 0) is 6.07 Å². The highest BCUT2D eigenvalue weighted by Gasteiger charge is 2.26. The molecule has 6 nitrogen and oxygen atoms in total. The first-order chi connectivity index (χ1) is 10.1. The van der Waals surface area contributed by atoms with Crippen LogP contribution in [-0.4, -0.2) is 53.5 Å². The molecule has 1 aliphatic rings. The quantitative estimate of drug-likeness (QED) is 0.924. The van der Waals surface area contributed by atoms with Crippen molar-refractivity contribution in [1.82, 2.24) is 9.80 Å². The molecule has 110 valence electrons. The van der Waals surface area contributed by atoms with Gasteiger partial charge in [0.15, 0.2) is 0 Å². The Kier molecular flexibility index (Phi) is 3.39. The molecule has 1 aromatic heterocycles. The summed E-state index contributed by atoms with van der Waals surface area (Å²) >= 11 is 0. The number of amides is 1. The number of carboxylic acids is 1. The SMILES string of the molecule is CN1CCN(Cc2oc3ccccc3c2C(=O)O)CC1=O. The number of benzene rings is 1. The first-order valence-corrected chi connectivity index (χ1v) is 6.76. The van der Waals surface area contributed by atoms with Crippen LogP contribution in [0.25, 0.3) is 11.0 Å². The van der Waals surface area contributed by atoms with Gasteiger partial charge in [0.2, 0.25) is 5.91 Å². The molecule has 0 spiro atoms. The molecule has 1 aromatic carbocycles. The fraction of sp³-hybridized carbons (Fsp3) is 0.333. The van der Waals surface area contributed by atoms with Gasteiger partial charge >= 0.3 is 5.97 Å². The lowest BCUT2D eigenvalue weighted by atomic mass is 10.1. The molecule has 21 heavy (non-hydrogen) atoms. The number of carboxylic acid groups (broad SMARTS) is 1. The fourth-order valence-electron chi connectivity index (χ4n) is 2.59. The lowest BCUT2D eigenvalue weighted by Gasteiger charge is -2.31. The number of likely N-dealkylation sites (N-methyl/N-ethyl adjacent to an activating group) is 1. The maximum atomic E-state index is 11.7. The Bertz CT molecular complexity index is 707. The maximum Gasteiger partial charge on any atom is 0.339 e. The summed E-state index contributed by atoms with van der Waals surface area (Å²) in [6, 6.07) is 7.08. The maximum absolute atomic E-state index is 11.7. The predicted octanol–water partition coefficient (Wildman–Crippen LogP) is 1.41. The molecule has 1 N–H and O–H groups in total. The number of furan rings is 1. The van der Waals surface area contributed by atoms with E-state index in [-0.39, 0.29) is 18.0 Å². The predicted molar refractivity (Wildman–Crippen MR) is 76.1 cm³/mol. The molecule has 0 radical (unpaired) electrons. The number of nitrogens with zero attached hydrogens (tertiary/aromatic N) is 2. The smallest absolute Gasteiger partial charge is 0.339 e. The van der Waals surface area contributed by atoms with E-state index in [1.165, 1.54) is 0 Å². The molecule has 0 saturated carbocycles. The number of carbonyl (C=O) groups excluding carboxylic acids is 1. The number of hydrogen-bond acceptors (Lipinski definition) is 4. The van der Waals surface area contributed by atoms with Gasteiger partial charge in [0, 0.05) is 25.5 Å². The van der Waals surface area contributed by atoms with E-state index in [9.17, 15) is 14.7 Å². The van der Waals surface area contributed by atoms with Gasteiger partial charge in [-0.1, -0.05) is 18.2 Å². The number of para-hydroxylation sites is 1. The van der Waals surface area contributed by atoms with Crippen LogP contribution in [0.15, 0.2) is 28.7 Å². The summed E-state index contributed by atoms with van der Waals surface area (Å²) in [6.45, 7) is 1.96. The average Bonchev–Trinajstić information content (AvgIpc) is 2.80. The number of carbonyl (C=O) groups is 2. The van der Waals surface area contributed by atoms with Crippen LogP contribution in [-0.2, 0) is 11.3 Å². The zero-order chi connectivity index (χ0) is 15.0. The van der Waals surface area contributed by atoms with Gasteiger partial charge in [0.1, 0.15) is 16.9 Å². The van der Waals surface area contributed by atoms with Crippen molar-refractivity contribution in [1.29, 1.82) is 0 Å². The van der Waals surface area contributed by atoms with Gasteiger partial charge in [0.25, 0.3) is 0 Å². The average molecular weight is 288 g/mol. The van der Waals surface area contributed by atoms with Gasteiger partial charge in [-0.3, -0.25) is 9.69 Å². The molecule has 3 rings (SSSR count). The van der Waals surface area contributed by atoms with Gasteiger partial charge < -0.3 is 14.4 Å². The topological polar surface area (TPSA) is 74.0 Å². The van der Waals surface area contributed by atoms with Crippen molar-refractivity contribution in [2.45, 2.75) is 6.54 Å². The van der Waals surface area contributed by atoms with Crippen molar-refractivity contribution in [3.8, 4) is 0 Å². The largest absolute Gasteiger partial charge is 0.478 e. The van der Waals surface area contributed by atoms with E-state index < -0.39 is 5.97 Å². The van der Waals surface area contributed by atoms with Crippen LogP contribution in [0.3, 0.4) is 0 Å². The second kappa shape index (κ2) is 5.21. The minimum Gasteiger partial charge on any atom is -0.478 e. The molecule has 0 atom stereocenters. The van der Waals surface area contributed by atoms with Gasteiger partial charge in [-0.25, -0.2) is 4.79 Å². The summed E-state index contributed by atoms with van der Waals surface area (Å²) < 4.78 is 5.68. The number of rotatable bonds is 3. The third-order valence-electron chi connectivity index (χ3n) is 3.79. The van der Waals surface area contributed by atoms with Gasteiger partial charge in [-0.15, -0.1) is 0 Å². The lowest BCUT2D eigenvalue weighted by Crippen LogP contribution is -2.48. The minimum atomic E-state index is -1.00. The molecular weight excluding hydrogens is 272 g/mol. The van der Waals surface area contributed by atoms with Gasteiger partial charge in [0.05, 0.1) is 13.1 Å². The Morgan fingerprint density at radius 3 is 2.81 bits per heavy atom. The van der Waals surface area contributed by atoms with E-state index >= 15 is 0 Å². The third-order valence-corrected chi connectivity index (χ3v) is 3.79. The first-order valence-electron chi connectivity index (χ1n) is 6.76. The van der Waals surface area contributed by atoms with Crippen LogP contribution in [0.4, 0.5) is 0 Å². The number of fused-ring (bicyclic) bond motifs is 1. The third kappa shape index (κ3) is 2.50. The summed E-state index contributed by atoms with van der Waals surface area (Å²) in [4.78, 5) is 26.8. The van der Waals surface area contributed by atoms with Crippen molar-refractivity contribution in [3.05, 3.63) is 35.6 Å². The Morgan fingerprint density at radius 2 is 2.10 bits per heavy atom. The van der Waals surface area contributed by atoms with Crippen LogP contribution < -0.4 is 0 Å². The van der Waals surface area contributed by atoms with Crippen LogP contribution in [0.1, 0.15) is 16.1 Å². The fourth-order valence-corrected chi connectivity index (χ4v) is 2.59. The Labute approximate surface area is 121 Å². The van der Waals surface area contributed by atoms with E-state index in [2.05, 4.69) is 0 Å². The van der Waals surface area contributed by atoms with Gasteiger partial charge in [-0.2, -0.15) is 0 Å². The Morgan fingerprint density at radius 1 is 1.33 bits per heavy atom. The molecule has 2 heterocycles. The van der Waals surface area contributed by atoms with Crippen LogP contribution in [0.2, 0.25) is 0 Å². The van der Waals surface area contributed by atoms with E-state index in [4.69, 9.17) is 4.42 Å². The molecule has 1 fully saturated rings.